The van der Waals surface area contributed by atoms with Gasteiger partial charge in [-0.25, -0.2) is 0 Å². The molecule has 114 valence electrons. The normalized spacial score (nSPS) is 35.8. The van der Waals surface area contributed by atoms with Gasteiger partial charge in [0.25, 0.3) is 0 Å². The number of aryl methyl sites for hydroxylation is 1. The van der Waals surface area contributed by atoms with E-state index in [1.807, 2.05) is 12.1 Å². The summed E-state index contributed by atoms with van der Waals surface area (Å²) in [5, 5.41) is 9.71. The molecule has 4 atom stereocenters. The molecular formula is C19H26O2. The van der Waals surface area contributed by atoms with Crippen LogP contribution in [0.1, 0.15) is 63.5 Å². The smallest absolute Gasteiger partial charge is 0.139 e. The number of ketones is 1. The molecule has 21 heavy (non-hydrogen) atoms. The molecule has 0 amide bonds. The number of benzene rings is 1. The molecule has 2 aliphatic carbocycles. The minimum atomic E-state index is -0.0702. The van der Waals surface area contributed by atoms with Crippen LogP contribution < -0.4 is 0 Å². The van der Waals surface area contributed by atoms with Gasteiger partial charge in [0.15, 0.2) is 0 Å². The topological polar surface area (TPSA) is 37.3 Å². The highest BCUT2D eigenvalue weighted by molar-refractivity contribution is 5.87. The summed E-state index contributed by atoms with van der Waals surface area (Å²) in [6.07, 6.45) is 4.90. The van der Waals surface area contributed by atoms with Crippen molar-refractivity contribution in [2.45, 2.75) is 58.8 Å². The van der Waals surface area contributed by atoms with E-state index in [9.17, 15) is 9.90 Å². The summed E-state index contributed by atoms with van der Waals surface area (Å²) >= 11 is 0. The van der Waals surface area contributed by atoms with Gasteiger partial charge in [-0.2, -0.15) is 0 Å². The lowest BCUT2D eigenvalue weighted by molar-refractivity contribution is -0.128. The Kier molecular flexibility index (Phi) is 3.59. The van der Waals surface area contributed by atoms with Gasteiger partial charge in [-0.1, -0.05) is 26.8 Å². The molecule has 2 nitrogen and oxygen atoms in total. The zero-order valence-electron chi connectivity index (χ0n) is 13.4. The standard InChI is InChI=1S/C19H26O2/c1-4-13-11-14(20)5-6-16(13)15-9-10-19(3)17(12(15)2)7-8-18(19)21/h5-6,11-12,15,17,20H,4,7-10H2,1-3H3/t12-,15+,17+,19+/m1/s1. The molecule has 3 rings (SSSR count). The van der Waals surface area contributed by atoms with Gasteiger partial charge < -0.3 is 5.11 Å². The average Bonchev–Trinajstić information content (AvgIpc) is 2.77. The Hall–Kier alpha value is -1.31. The maximum absolute atomic E-state index is 12.3. The summed E-state index contributed by atoms with van der Waals surface area (Å²) in [6, 6.07) is 5.83. The van der Waals surface area contributed by atoms with Crippen LogP contribution in [0, 0.1) is 17.3 Å². The Morgan fingerprint density at radius 1 is 1.33 bits per heavy atom. The van der Waals surface area contributed by atoms with Crippen molar-refractivity contribution < 1.29 is 9.90 Å². The number of phenolic OH excluding ortho intramolecular Hbond substituents is 1. The summed E-state index contributed by atoms with van der Waals surface area (Å²) in [7, 11) is 0. The summed E-state index contributed by atoms with van der Waals surface area (Å²) in [6.45, 7) is 6.67. The van der Waals surface area contributed by atoms with Crippen LogP contribution in [0.4, 0.5) is 0 Å². The Bertz CT molecular complexity index is 563. The first-order chi connectivity index (χ1) is 9.97. The van der Waals surface area contributed by atoms with E-state index in [4.69, 9.17) is 0 Å². The number of hydrogen-bond acceptors (Lipinski definition) is 2. The van der Waals surface area contributed by atoms with Crippen molar-refractivity contribution in [3.8, 4) is 5.75 Å². The minimum absolute atomic E-state index is 0.0702. The molecule has 0 unspecified atom stereocenters. The number of Topliss-reactive ketones (excluding diaryl/α,β-unsaturated/α-hetero) is 1. The quantitative estimate of drug-likeness (QED) is 0.872. The highest BCUT2D eigenvalue weighted by Crippen LogP contribution is 2.56. The van der Waals surface area contributed by atoms with Crippen LogP contribution in [0.15, 0.2) is 18.2 Å². The number of hydrogen-bond donors (Lipinski definition) is 1. The highest BCUT2D eigenvalue weighted by atomic mass is 16.3. The fourth-order valence-electron chi connectivity index (χ4n) is 4.96. The van der Waals surface area contributed by atoms with Crippen molar-refractivity contribution in [3.05, 3.63) is 29.3 Å². The monoisotopic (exact) mass is 286 g/mol. The lowest BCUT2D eigenvalue weighted by Crippen LogP contribution is -2.39. The van der Waals surface area contributed by atoms with Crippen molar-refractivity contribution in [3.63, 3.8) is 0 Å². The average molecular weight is 286 g/mol. The maximum atomic E-state index is 12.3. The molecule has 2 saturated carbocycles. The molecule has 2 fully saturated rings. The zero-order chi connectivity index (χ0) is 15.2. The van der Waals surface area contributed by atoms with Crippen molar-refractivity contribution >= 4 is 5.78 Å². The van der Waals surface area contributed by atoms with Crippen LogP contribution in [-0.4, -0.2) is 10.9 Å². The third-order valence-corrected chi connectivity index (χ3v) is 6.29. The van der Waals surface area contributed by atoms with E-state index in [0.29, 0.717) is 29.3 Å². The molecule has 1 N–H and O–H groups in total. The fourth-order valence-corrected chi connectivity index (χ4v) is 4.96. The number of aromatic hydroxyl groups is 1. The zero-order valence-corrected chi connectivity index (χ0v) is 13.4. The van der Waals surface area contributed by atoms with Crippen molar-refractivity contribution in [1.29, 1.82) is 0 Å². The molecule has 2 aliphatic rings. The van der Waals surface area contributed by atoms with Crippen LogP contribution in [0.3, 0.4) is 0 Å². The first kappa shape index (κ1) is 14.6. The second-order valence-corrected chi connectivity index (χ2v) is 7.23. The first-order valence-electron chi connectivity index (χ1n) is 8.32. The predicted octanol–water partition coefficient (Wildman–Crippen LogP) is 4.45. The second-order valence-electron chi connectivity index (χ2n) is 7.23. The fraction of sp³-hybridized carbons (Fsp3) is 0.632. The summed E-state index contributed by atoms with van der Waals surface area (Å²) < 4.78 is 0. The van der Waals surface area contributed by atoms with Crippen molar-refractivity contribution in [2.24, 2.45) is 17.3 Å². The van der Waals surface area contributed by atoms with Crippen molar-refractivity contribution in [1.82, 2.24) is 0 Å². The minimum Gasteiger partial charge on any atom is -0.508 e. The van der Waals surface area contributed by atoms with Gasteiger partial charge in [0.05, 0.1) is 0 Å². The van der Waals surface area contributed by atoms with Gasteiger partial charge in [0.1, 0.15) is 11.5 Å². The van der Waals surface area contributed by atoms with E-state index in [0.717, 1.165) is 32.1 Å². The summed E-state index contributed by atoms with van der Waals surface area (Å²) in [5.41, 5.74) is 2.59. The molecule has 0 aliphatic heterocycles. The molecule has 0 radical (unpaired) electrons. The van der Waals surface area contributed by atoms with E-state index in [-0.39, 0.29) is 5.41 Å². The Balaban J connectivity index is 1.94. The van der Waals surface area contributed by atoms with Gasteiger partial charge >= 0.3 is 0 Å². The SMILES string of the molecule is CCc1cc(O)ccc1[C@H]1CC[C@]2(C)C(=O)CC[C@H]2[C@@H]1C. The number of rotatable bonds is 2. The molecule has 1 aromatic rings. The van der Waals surface area contributed by atoms with E-state index in [1.54, 1.807) is 0 Å². The largest absolute Gasteiger partial charge is 0.508 e. The van der Waals surface area contributed by atoms with Gasteiger partial charge in [0.2, 0.25) is 0 Å². The lowest BCUT2D eigenvalue weighted by atomic mass is 9.59. The molecule has 0 bridgehead atoms. The maximum Gasteiger partial charge on any atom is 0.139 e. The van der Waals surface area contributed by atoms with Crippen LogP contribution in [0.2, 0.25) is 0 Å². The van der Waals surface area contributed by atoms with E-state index >= 15 is 0 Å². The van der Waals surface area contributed by atoms with Gasteiger partial charge in [-0.15, -0.1) is 0 Å². The summed E-state index contributed by atoms with van der Waals surface area (Å²) in [5.74, 6) is 2.45. The molecule has 0 aromatic heterocycles. The van der Waals surface area contributed by atoms with Crippen LogP contribution in [0.5, 0.6) is 5.75 Å². The van der Waals surface area contributed by atoms with Crippen LogP contribution >= 0.6 is 0 Å². The van der Waals surface area contributed by atoms with Gasteiger partial charge in [-0.3, -0.25) is 4.79 Å². The summed E-state index contributed by atoms with van der Waals surface area (Å²) in [4.78, 5) is 12.3. The Morgan fingerprint density at radius 2 is 2.10 bits per heavy atom. The van der Waals surface area contributed by atoms with E-state index in [1.165, 1.54) is 11.1 Å². The third-order valence-electron chi connectivity index (χ3n) is 6.29. The molecule has 2 heteroatoms. The molecule has 1 aromatic carbocycles. The molecular weight excluding hydrogens is 260 g/mol. The number of carbonyl (C=O) groups is 1. The first-order valence-corrected chi connectivity index (χ1v) is 8.32. The van der Waals surface area contributed by atoms with E-state index in [2.05, 4.69) is 26.8 Å². The lowest BCUT2D eigenvalue weighted by Gasteiger charge is -2.44. The van der Waals surface area contributed by atoms with Gasteiger partial charge in [0, 0.05) is 11.8 Å². The highest BCUT2D eigenvalue weighted by Gasteiger charge is 2.52. The van der Waals surface area contributed by atoms with Gasteiger partial charge in [-0.05, 0) is 66.7 Å². The third kappa shape index (κ3) is 2.20. The molecule has 0 spiro atoms. The Labute approximate surface area is 127 Å². The predicted molar refractivity (Wildman–Crippen MR) is 84.5 cm³/mol. The number of phenols is 1. The van der Waals surface area contributed by atoms with Crippen LogP contribution in [0.25, 0.3) is 0 Å². The van der Waals surface area contributed by atoms with E-state index < -0.39 is 0 Å². The van der Waals surface area contributed by atoms with Crippen molar-refractivity contribution in [2.75, 3.05) is 0 Å². The molecule has 0 heterocycles. The molecule has 0 saturated heterocycles. The van der Waals surface area contributed by atoms with Crippen LogP contribution in [-0.2, 0) is 11.2 Å². The number of fused-ring (bicyclic) bond motifs is 1. The second kappa shape index (κ2) is 5.15. The number of carbonyl (C=O) groups excluding carboxylic acids is 1. The Morgan fingerprint density at radius 3 is 2.81 bits per heavy atom.